The van der Waals surface area contributed by atoms with Gasteiger partial charge in [-0.2, -0.15) is 0 Å². The quantitative estimate of drug-likeness (QED) is 0.313. The van der Waals surface area contributed by atoms with Gasteiger partial charge < -0.3 is 19.9 Å². The van der Waals surface area contributed by atoms with Crippen LogP contribution in [0.15, 0.2) is 61.2 Å². The summed E-state index contributed by atoms with van der Waals surface area (Å²) in [6.45, 7) is 10.5. The van der Waals surface area contributed by atoms with Crippen LogP contribution in [0.5, 0.6) is 0 Å². The summed E-state index contributed by atoms with van der Waals surface area (Å²) in [6.07, 6.45) is 7.42. The molecule has 5 atom stereocenters. The number of benzene rings is 2. The number of sulfonamides is 1. The van der Waals surface area contributed by atoms with Crippen molar-refractivity contribution >= 4 is 63.3 Å². The largest absolute Gasteiger partial charge is 0.444 e. The van der Waals surface area contributed by atoms with Crippen LogP contribution in [0.25, 0.3) is 12.2 Å². The third-order valence-corrected chi connectivity index (χ3v) is 13.6. The lowest BCUT2D eigenvalue weighted by Gasteiger charge is -2.36. The van der Waals surface area contributed by atoms with Crippen molar-refractivity contribution in [3.63, 3.8) is 0 Å². The van der Waals surface area contributed by atoms with Crippen molar-refractivity contribution in [2.75, 3.05) is 24.5 Å². The molecule has 4 fully saturated rings. The molecule has 2 aliphatic carbocycles. The van der Waals surface area contributed by atoms with Gasteiger partial charge in [0.25, 0.3) is 5.91 Å². The van der Waals surface area contributed by atoms with Gasteiger partial charge in [-0.1, -0.05) is 75.4 Å². The summed E-state index contributed by atoms with van der Waals surface area (Å²) in [7, 11) is -3.92. The molecule has 2 N–H and O–H groups in total. The third-order valence-electron chi connectivity index (χ3n) is 11.8. The van der Waals surface area contributed by atoms with Crippen LogP contribution in [0.3, 0.4) is 0 Å². The number of fused-ring (bicyclic) bond motifs is 2. The van der Waals surface area contributed by atoms with Gasteiger partial charge in [0.05, 0.1) is 29.1 Å². The second-order valence-electron chi connectivity index (χ2n) is 16.8. The number of amides is 5. The molecule has 13 nitrogen and oxygen atoms in total. The number of para-hydroxylation sites is 2. The van der Waals surface area contributed by atoms with Crippen LogP contribution in [0.4, 0.5) is 16.2 Å². The van der Waals surface area contributed by atoms with E-state index in [-0.39, 0.29) is 31.7 Å². The second-order valence-corrected chi connectivity index (χ2v) is 18.7. The van der Waals surface area contributed by atoms with E-state index in [1.165, 1.54) is 15.9 Å². The van der Waals surface area contributed by atoms with Gasteiger partial charge in [-0.05, 0) is 67.2 Å². The summed E-state index contributed by atoms with van der Waals surface area (Å²) in [5.74, 6) is -3.48. The fourth-order valence-corrected chi connectivity index (χ4v) is 9.53. The number of hydrogen-bond donors (Lipinski definition) is 2. The summed E-state index contributed by atoms with van der Waals surface area (Å²) < 4.78 is 33.9. The molecule has 0 unspecified atom stereocenters. The summed E-state index contributed by atoms with van der Waals surface area (Å²) in [4.78, 5) is 75.4. The Morgan fingerprint density at radius 3 is 2.11 bits per heavy atom. The minimum Gasteiger partial charge on any atom is -0.444 e. The molecule has 0 bridgehead atoms. The van der Waals surface area contributed by atoms with Gasteiger partial charge in [0.15, 0.2) is 0 Å². The summed E-state index contributed by atoms with van der Waals surface area (Å²) in [6, 6.07) is 13.6. The van der Waals surface area contributed by atoms with Crippen LogP contribution in [-0.4, -0.2) is 90.5 Å². The first-order valence-electron chi connectivity index (χ1n) is 19.6. The smallest absolute Gasteiger partial charge is 0.419 e. The maximum atomic E-state index is 14.8. The van der Waals surface area contributed by atoms with E-state index in [0.29, 0.717) is 37.3 Å². The van der Waals surface area contributed by atoms with Crippen molar-refractivity contribution in [2.24, 2.45) is 17.3 Å². The molecule has 5 amide bonds. The Bertz CT molecular complexity index is 2020. The zero-order chi connectivity index (χ0) is 40.0. The number of carbonyl (C=O) groups is 5. The number of likely N-dealkylation sites (tertiary alicyclic amines) is 2. The molecule has 2 saturated carbocycles. The minimum absolute atomic E-state index is 0.0596. The van der Waals surface area contributed by atoms with Crippen LogP contribution in [-0.2, 0) is 33.9 Å². The molecular weight excluding hydrogens is 735 g/mol. The normalized spacial score (nSPS) is 24.9. The molecule has 0 aromatic heterocycles. The van der Waals surface area contributed by atoms with Crippen LogP contribution in [0.1, 0.15) is 83.3 Å². The van der Waals surface area contributed by atoms with E-state index in [4.69, 9.17) is 4.74 Å². The fraction of sp³-hybridized carbons (Fsp3) is 0.500. The van der Waals surface area contributed by atoms with E-state index in [9.17, 15) is 32.4 Å². The first-order chi connectivity index (χ1) is 26.6. The Morgan fingerprint density at radius 1 is 0.946 bits per heavy atom. The van der Waals surface area contributed by atoms with Gasteiger partial charge >= 0.3 is 6.09 Å². The van der Waals surface area contributed by atoms with E-state index in [0.717, 1.165) is 30.4 Å². The number of hydrogen-bond acceptors (Lipinski definition) is 8. The Labute approximate surface area is 328 Å². The lowest BCUT2D eigenvalue weighted by molar-refractivity contribution is -0.148. The van der Waals surface area contributed by atoms with Gasteiger partial charge in [0.2, 0.25) is 27.7 Å². The molecule has 7 rings (SSSR count). The Balaban J connectivity index is 1.17. The van der Waals surface area contributed by atoms with Crippen molar-refractivity contribution < 1.29 is 37.1 Å². The molecule has 14 heteroatoms. The Morgan fingerprint density at radius 2 is 1.55 bits per heavy atom. The Kier molecular flexibility index (Phi) is 10.6. The highest BCUT2D eigenvalue weighted by Crippen LogP contribution is 2.46. The van der Waals surface area contributed by atoms with Crippen LogP contribution >= 0.6 is 0 Å². The van der Waals surface area contributed by atoms with Crippen LogP contribution < -0.4 is 14.9 Å². The van der Waals surface area contributed by atoms with Crippen LogP contribution in [0.2, 0.25) is 0 Å². The molecule has 0 spiro atoms. The number of ether oxygens (including phenoxy) is 1. The molecule has 3 heterocycles. The van der Waals surface area contributed by atoms with Crippen molar-refractivity contribution in [2.45, 2.75) is 95.1 Å². The molecule has 298 valence electrons. The van der Waals surface area contributed by atoms with E-state index < -0.39 is 74.0 Å². The highest BCUT2D eigenvalue weighted by Gasteiger charge is 2.62. The molecule has 2 aromatic rings. The highest BCUT2D eigenvalue weighted by molar-refractivity contribution is 7.91. The number of piperidine rings is 1. The van der Waals surface area contributed by atoms with E-state index in [1.807, 2.05) is 81.5 Å². The Hall–Kier alpha value is -4.98. The summed E-state index contributed by atoms with van der Waals surface area (Å²) in [5.41, 5.74) is 0.516. The molecule has 2 aromatic carbocycles. The number of nitrogens with one attached hydrogen (secondary N) is 2. The molecule has 56 heavy (non-hydrogen) atoms. The highest BCUT2D eigenvalue weighted by atomic mass is 32.2. The monoisotopic (exact) mass is 785 g/mol. The topological polar surface area (TPSA) is 162 Å². The lowest BCUT2D eigenvalue weighted by atomic mass is 9.77. The molecular formula is C42H51N5O8S. The number of nitrogens with zero attached hydrogens (tertiary/aromatic N) is 3. The van der Waals surface area contributed by atoms with Gasteiger partial charge in [-0.3, -0.25) is 23.9 Å². The predicted octanol–water partition coefficient (Wildman–Crippen LogP) is 5.15. The number of rotatable bonds is 10. The van der Waals surface area contributed by atoms with Gasteiger partial charge in [0.1, 0.15) is 17.7 Å². The van der Waals surface area contributed by atoms with E-state index >= 15 is 0 Å². The first kappa shape index (κ1) is 39.3. The summed E-state index contributed by atoms with van der Waals surface area (Å²) >= 11 is 0. The first-order valence-corrected chi connectivity index (χ1v) is 21.1. The third kappa shape index (κ3) is 7.85. The average Bonchev–Trinajstić information content (AvgIpc) is 4.10. The van der Waals surface area contributed by atoms with Crippen LogP contribution in [0, 0.1) is 17.3 Å². The fourth-order valence-electron chi connectivity index (χ4n) is 8.17. The molecule has 3 aliphatic heterocycles. The standard InChI is InChI=1S/C42H51N5O8S/c1-5-29-25-42(29,39(51)44-56(53,54)31-19-20-31)43-37(49)35-23-30(26-46(35)38(50)32(41(2,3)4)24-36(48)45-21-11-6-12-22-45)55-40(52)47-33-15-9-7-13-27(33)17-18-28-14-8-10-16-34(28)47/h5,7-10,13-18,29-32,35H,1,6,11-12,19-26H2,2-4H3,(H,43,49)(H,44,51)/t29-,30-,32-,35+,42-/m1/s1. The molecule has 0 radical (unpaired) electrons. The lowest BCUT2D eigenvalue weighted by Crippen LogP contribution is -2.57. The summed E-state index contributed by atoms with van der Waals surface area (Å²) in [5, 5.41) is 2.15. The average molecular weight is 786 g/mol. The molecule has 2 saturated heterocycles. The zero-order valence-electron chi connectivity index (χ0n) is 32.2. The van der Waals surface area contributed by atoms with E-state index in [2.05, 4.69) is 16.6 Å². The maximum absolute atomic E-state index is 14.8. The van der Waals surface area contributed by atoms with Crippen molar-refractivity contribution in [3.05, 3.63) is 72.3 Å². The molecule has 5 aliphatic rings. The van der Waals surface area contributed by atoms with Crippen molar-refractivity contribution in [1.29, 1.82) is 0 Å². The SMILES string of the molecule is C=C[C@@H]1C[C@]1(NC(=O)[C@@H]1C[C@@H](OC(=O)N2c3ccccc3C=Cc3ccccc32)CN1C(=O)[C@@H](CC(=O)N1CCCCC1)C(C)(C)C)C(=O)NS(=O)(=O)C1CC1. The van der Waals surface area contributed by atoms with Gasteiger partial charge in [0, 0.05) is 31.8 Å². The maximum Gasteiger partial charge on any atom is 0.419 e. The number of carbonyl (C=O) groups excluding carboxylic acids is 5. The van der Waals surface area contributed by atoms with Gasteiger partial charge in [-0.15, -0.1) is 6.58 Å². The van der Waals surface area contributed by atoms with E-state index in [1.54, 1.807) is 4.90 Å². The zero-order valence-corrected chi connectivity index (χ0v) is 33.1. The van der Waals surface area contributed by atoms with Crippen molar-refractivity contribution in [3.8, 4) is 0 Å². The predicted molar refractivity (Wildman–Crippen MR) is 212 cm³/mol. The minimum atomic E-state index is -3.92. The van der Waals surface area contributed by atoms with Crippen molar-refractivity contribution in [1.82, 2.24) is 19.8 Å². The second kappa shape index (κ2) is 15.2. The number of anilines is 2. The van der Waals surface area contributed by atoms with Gasteiger partial charge in [-0.25, -0.2) is 18.1 Å².